The average Bonchev–Trinajstić information content (AvgIpc) is 2.73. The van der Waals surface area contributed by atoms with Crippen LogP contribution < -0.4 is 10.6 Å². The summed E-state index contributed by atoms with van der Waals surface area (Å²) >= 11 is 1.90. The first kappa shape index (κ1) is 12.8. The second-order valence-corrected chi connectivity index (χ2v) is 4.98. The zero-order valence-corrected chi connectivity index (χ0v) is 10.6. The smallest absolute Gasteiger partial charge is 0.221 e. The van der Waals surface area contributed by atoms with Gasteiger partial charge in [0.15, 0.2) is 0 Å². The predicted octanol–water partition coefficient (Wildman–Crippen LogP) is -0.242. The molecule has 2 unspecified atom stereocenters. The molecule has 1 fully saturated rings. The molecule has 0 aromatic carbocycles. The van der Waals surface area contributed by atoms with E-state index in [4.69, 9.17) is 0 Å². The Morgan fingerprint density at radius 1 is 1.60 bits per heavy atom. The summed E-state index contributed by atoms with van der Waals surface area (Å²) in [6.07, 6.45) is 2.74. The maximum atomic E-state index is 11.1. The number of hydrogen-bond donors (Lipinski definition) is 2. The zero-order valence-electron chi connectivity index (χ0n) is 9.75. The molecule has 0 spiro atoms. The van der Waals surface area contributed by atoms with Gasteiger partial charge >= 0.3 is 0 Å². The van der Waals surface area contributed by atoms with Crippen molar-refractivity contribution in [3.63, 3.8) is 0 Å². The van der Waals surface area contributed by atoms with Crippen molar-refractivity contribution in [1.29, 1.82) is 0 Å². The summed E-state index contributed by atoms with van der Waals surface area (Å²) in [5.41, 5.74) is 0. The minimum absolute atomic E-state index is 0.119. The number of hydrogen-bond acceptors (Lipinski definition) is 4. The lowest BCUT2D eigenvalue weighted by atomic mass is 10.2. The van der Waals surface area contributed by atoms with Crippen molar-refractivity contribution in [3.05, 3.63) is 0 Å². The van der Waals surface area contributed by atoms with Gasteiger partial charge in [0.25, 0.3) is 0 Å². The Morgan fingerprint density at radius 3 is 2.93 bits per heavy atom. The molecular weight excluding hydrogens is 210 g/mol. The van der Waals surface area contributed by atoms with Gasteiger partial charge in [-0.2, -0.15) is 11.8 Å². The lowest BCUT2D eigenvalue weighted by Crippen LogP contribution is -2.41. The van der Waals surface area contributed by atoms with Crippen LogP contribution in [0.4, 0.5) is 0 Å². The van der Waals surface area contributed by atoms with Crippen LogP contribution in [0, 0.1) is 0 Å². The Labute approximate surface area is 96.2 Å². The minimum atomic E-state index is 0.119. The summed E-state index contributed by atoms with van der Waals surface area (Å²) in [7, 11) is 3.79. The standard InChI is InChI=1S/C10H21N3OS/c1-11-10(14)4-5-13(2)8-6-12-7-9(8)15-3/h8-9,12H,4-7H2,1-3H3,(H,11,14). The third kappa shape index (κ3) is 3.66. The minimum Gasteiger partial charge on any atom is -0.359 e. The van der Waals surface area contributed by atoms with Gasteiger partial charge in [-0.05, 0) is 13.3 Å². The molecule has 0 saturated carbocycles. The third-order valence-electron chi connectivity index (χ3n) is 2.97. The topological polar surface area (TPSA) is 44.4 Å². The van der Waals surface area contributed by atoms with Gasteiger partial charge in [-0.1, -0.05) is 0 Å². The molecule has 2 atom stereocenters. The molecule has 0 radical (unpaired) electrons. The summed E-state index contributed by atoms with van der Waals surface area (Å²) in [5, 5.41) is 6.69. The summed E-state index contributed by atoms with van der Waals surface area (Å²) in [5.74, 6) is 0.119. The van der Waals surface area contributed by atoms with E-state index < -0.39 is 0 Å². The van der Waals surface area contributed by atoms with Crippen LogP contribution in [0.25, 0.3) is 0 Å². The summed E-state index contributed by atoms with van der Waals surface area (Å²) < 4.78 is 0. The molecule has 5 heteroatoms. The first-order chi connectivity index (χ1) is 7.19. The van der Waals surface area contributed by atoms with Gasteiger partial charge < -0.3 is 15.5 Å². The summed E-state index contributed by atoms with van der Waals surface area (Å²) in [6, 6.07) is 0.560. The fraction of sp³-hybridized carbons (Fsp3) is 0.900. The Hall–Kier alpha value is -0.260. The van der Waals surface area contributed by atoms with Crippen molar-refractivity contribution in [2.45, 2.75) is 17.7 Å². The number of amides is 1. The Bertz CT molecular complexity index is 213. The van der Waals surface area contributed by atoms with Crippen molar-refractivity contribution in [2.75, 3.05) is 40.0 Å². The number of thioether (sulfide) groups is 1. The van der Waals surface area contributed by atoms with Crippen LogP contribution in [-0.2, 0) is 4.79 Å². The normalized spacial score (nSPS) is 25.9. The summed E-state index contributed by atoms with van der Waals surface area (Å²) in [6.45, 7) is 2.95. The van der Waals surface area contributed by atoms with Crippen LogP contribution in [0.2, 0.25) is 0 Å². The highest BCUT2D eigenvalue weighted by Gasteiger charge is 2.29. The van der Waals surface area contributed by atoms with Crippen LogP contribution in [0.3, 0.4) is 0 Å². The van der Waals surface area contributed by atoms with Gasteiger partial charge in [0, 0.05) is 44.4 Å². The van der Waals surface area contributed by atoms with Gasteiger partial charge in [0.1, 0.15) is 0 Å². The molecule has 1 aliphatic heterocycles. The van der Waals surface area contributed by atoms with E-state index in [0.29, 0.717) is 17.7 Å². The van der Waals surface area contributed by atoms with Crippen molar-refractivity contribution < 1.29 is 4.79 Å². The maximum absolute atomic E-state index is 11.1. The van der Waals surface area contributed by atoms with Crippen LogP contribution in [0.1, 0.15) is 6.42 Å². The van der Waals surface area contributed by atoms with Gasteiger partial charge in [0.05, 0.1) is 0 Å². The highest BCUT2D eigenvalue weighted by Crippen LogP contribution is 2.18. The molecule has 15 heavy (non-hydrogen) atoms. The third-order valence-corrected chi connectivity index (χ3v) is 4.05. The second kappa shape index (κ2) is 6.35. The highest BCUT2D eigenvalue weighted by molar-refractivity contribution is 7.99. The molecule has 1 saturated heterocycles. The maximum Gasteiger partial charge on any atom is 0.221 e. The first-order valence-electron chi connectivity index (χ1n) is 5.33. The fourth-order valence-electron chi connectivity index (χ4n) is 1.89. The van der Waals surface area contributed by atoms with Crippen molar-refractivity contribution in [1.82, 2.24) is 15.5 Å². The molecule has 1 rings (SSSR count). The van der Waals surface area contributed by atoms with Gasteiger partial charge in [-0.3, -0.25) is 4.79 Å². The van der Waals surface area contributed by atoms with E-state index in [-0.39, 0.29) is 5.91 Å². The highest BCUT2D eigenvalue weighted by atomic mass is 32.2. The largest absolute Gasteiger partial charge is 0.359 e. The molecule has 88 valence electrons. The van der Waals surface area contributed by atoms with Crippen LogP contribution in [0.5, 0.6) is 0 Å². The molecule has 0 aromatic rings. The Balaban J connectivity index is 2.32. The number of likely N-dealkylation sites (N-methyl/N-ethyl adjacent to an activating group) is 1. The number of carbonyl (C=O) groups excluding carboxylic acids is 1. The molecular formula is C10H21N3OS. The fourth-order valence-corrected chi connectivity index (χ4v) is 2.79. The van der Waals surface area contributed by atoms with Gasteiger partial charge in [-0.15, -0.1) is 0 Å². The van der Waals surface area contributed by atoms with Crippen LogP contribution >= 0.6 is 11.8 Å². The first-order valence-corrected chi connectivity index (χ1v) is 6.62. The lowest BCUT2D eigenvalue weighted by molar-refractivity contribution is -0.120. The number of nitrogens with zero attached hydrogens (tertiary/aromatic N) is 1. The quantitative estimate of drug-likeness (QED) is 0.685. The molecule has 1 amide bonds. The SMILES string of the molecule is CNC(=O)CCN(C)C1CNCC1SC. The lowest BCUT2D eigenvalue weighted by Gasteiger charge is -2.27. The average molecular weight is 231 g/mol. The molecule has 0 bridgehead atoms. The van der Waals surface area contributed by atoms with Crippen LogP contribution in [-0.4, -0.2) is 62.1 Å². The molecule has 1 heterocycles. The van der Waals surface area contributed by atoms with E-state index in [9.17, 15) is 4.79 Å². The molecule has 0 aromatic heterocycles. The van der Waals surface area contributed by atoms with E-state index in [1.807, 2.05) is 11.8 Å². The monoisotopic (exact) mass is 231 g/mol. The molecule has 2 N–H and O–H groups in total. The Kier molecular flexibility index (Phi) is 5.42. The van der Waals surface area contributed by atoms with Crippen molar-refractivity contribution >= 4 is 17.7 Å². The van der Waals surface area contributed by atoms with Gasteiger partial charge in [-0.25, -0.2) is 0 Å². The Morgan fingerprint density at radius 2 is 2.33 bits per heavy atom. The van der Waals surface area contributed by atoms with E-state index in [2.05, 4.69) is 28.8 Å². The molecule has 1 aliphatic rings. The van der Waals surface area contributed by atoms with Crippen molar-refractivity contribution in [3.8, 4) is 0 Å². The number of nitrogens with one attached hydrogen (secondary N) is 2. The second-order valence-electron chi connectivity index (χ2n) is 3.90. The molecule has 4 nitrogen and oxygen atoms in total. The van der Waals surface area contributed by atoms with Gasteiger partial charge in [0.2, 0.25) is 5.91 Å². The predicted molar refractivity (Wildman–Crippen MR) is 65.3 cm³/mol. The number of carbonyl (C=O) groups is 1. The number of rotatable bonds is 5. The zero-order chi connectivity index (χ0) is 11.3. The van der Waals surface area contributed by atoms with Crippen LogP contribution in [0.15, 0.2) is 0 Å². The van der Waals surface area contributed by atoms with Crippen molar-refractivity contribution in [2.24, 2.45) is 0 Å². The van der Waals surface area contributed by atoms with E-state index >= 15 is 0 Å². The van der Waals surface area contributed by atoms with E-state index in [1.165, 1.54) is 0 Å². The molecule has 0 aliphatic carbocycles. The summed E-state index contributed by atoms with van der Waals surface area (Å²) in [4.78, 5) is 13.4. The van der Waals surface area contributed by atoms with E-state index in [1.54, 1.807) is 7.05 Å². The van der Waals surface area contributed by atoms with E-state index in [0.717, 1.165) is 19.6 Å².